The van der Waals surface area contributed by atoms with Gasteiger partial charge < -0.3 is 21.6 Å². The minimum atomic E-state index is -0.925. The largest absolute Gasteiger partial charge is 0.478 e. The first-order chi connectivity index (χ1) is 10.5. The molecule has 0 aliphatic rings. The molecule has 0 fully saturated rings. The van der Waals surface area contributed by atoms with Crippen molar-refractivity contribution in [3.8, 4) is 0 Å². The van der Waals surface area contributed by atoms with Crippen molar-refractivity contribution in [2.24, 2.45) is 0 Å². The number of carboxylic acids is 1. The Balaban J connectivity index is 1.80. The van der Waals surface area contributed by atoms with Crippen LogP contribution < -0.4 is 11.5 Å². The molecule has 22 heavy (non-hydrogen) atoms. The van der Waals surface area contributed by atoms with Crippen LogP contribution >= 0.6 is 0 Å². The summed E-state index contributed by atoms with van der Waals surface area (Å²) in [6, 6.07) is 6.84. The van der Waals surface area contributed by atoms with E-state index in [1.807, 2.05) is 18.3 Å². The molecule has 112 valence electrons. The lowest BCUT2D eigenvalue weighted by Gasteiger charge is -2.03. The van der Waals surface area contributed by atoms with Crippen molar-refractivity contribution < 1.29 is 9.90 Å². The Morgan fingerprint density at radius 1 is 1.14 bits per heavy atom. The lowest BCUT2D eigenvalue weighted by molar-refractivity contribution is 0.0697. The molecular formula is C15H15N5O2. The molecule has 7 heteroatoms. The Morgan fingerprint density at radius 3 is 2.55 bits per heavy atom. The number of nitrogen functional groups attached to an aromatic ring is 2. The Hall–Kier alpha value is -3.09. The number of nitrogens with one attached hydrogen (secondary N) is 1. The van der Waals surface area contributed by atoms with E-state index < -0.39 is 5.97 Å². The number of aromatic amines is 1. The summed E-state index contributed by atoms with van der Waals surface area (Å²) in [5, 5.41) is 9.67. The van der Waals surface area contributed by atoms with E-state index in [4.69, 9.17) is 16.6 Å². The molecule has 7 nitrogen and oxygen atoms in total. The van der Waals surface area contributed by atoms with Crippen LogP contribution in [0.1, 0.15) is 21.5 Å². The summed E-state index contributed by atoms with van der Waals surface area (Å²) < 4.78 is 0. The maximum Gasteiger partial charge on any atom is 0.335 e. The fourth-order valence-electron chi connectivity index (χ4n) is 2.43. The van der Waals surface area contributed by atoms with Gasteiger partial charge in [0.1, 0.15) is 11.5 Å². The minimum Gasteiger partial charge on any atom is -0.478 e. The van der Waals surface area contributed by atoms with Crippen molar-refractivity contribution >= 4 is 28.8 Å². The van der Waals surface area contributed by atoms with Gasteiger partial charge in [-0.2, -0.15) is 9.97 Å². The molecule has 2 aromatic heterocycles. The number of fused-ring (bicyclic) bond motifs is 1. The standard InChI is InChI=1S/C15H15N5O2/c16-12-11-10(7-18-13(11)20-15(17)19-12)6-3-8-1-4-9(5-2-8)14(21)22/h1-2,4-5,7H,3,6H2,(H,21,22)(H5,16,17,18,19,20). The van der Waals surface area contributed by atoms with E-state index in [0.717, 1.165) is 29.4 Å². The van der Waals surface area contributed by atoms with Gasteiger partial charge in [0.2, 0.25) is 5.95 Å². The van der Waals surface area contributed by atoms with Crippen LogP contribution in [0.5, 0.6) is 0 Å². The van der Waals surface area contributed by atoms with Crippen molar-refractivity contribution in [1.29, 1.82) is 0 Å². The van der Waals surface area contributed by atoms with E-state index in [1.165, 1.54) is 0 Å². The number of nitrogens with zero attached hydrogens (tertiary/aromatic N) is 2. The summed E-state index contributed by atoms with van der Waals surface area (Å²) >= 11 is 0. The second kappa shape index (κ2) is 5.36. The number of hydrogen-bond acceptors (Lipinski definition) is 5. The third kappa shape index (κ3) is 2.56. The van der Waals surface area contributed by atoms with Crippen LogP contribution in [-0.2, 0) is 12.8 Å². The number of rotatable bonds is 4. The fraction of sp³-hybridized carbons (Fsp3) is 0.133. The van der Waals surface area contributed by atoms with Gasteiger partial charge in [0, 0.05) is 6.20 Å². The fourth-order valence-corrected chi connectivity index (χ4v) is 2.43. The van der Waals surface area contributed by atoms with Gasteiger partial charge >= 0.3 is 5.97 Å². The highest BCUT2D eigenvalue weighted by molar-refractivity contribution is 5.90. The van der Waals surface area contributed by atoms with Crippen LogP contribution in [-0.4, -0.2) is 26.0 Å². The number of aromatic carboxylic acids is 1. The SMILES string of the molecule is Nc1nc(N)c2c(CCc3ccc(C(=O)O)cc3)c[nH]c2n1. The molecule has 0 unspecified atom stereocenters. The summed E-state index contributed by atoms with van der Waals surface area (Å²) in [5.41, 5.74) is 14.4. The van der Waals surface area contributed by atoms with E-state index in [0.29, 0.717) is 11.5 Å². The number of carboxylic acid groups (broad SMARTS) is 1. The lowest BCUT2D eigenvalue weighted by Crippen LogP contribution is -2.01. The topological polar surface area (TPSA) is 131 Å². The third-order valence-corrected chi connectivity index (χ3v) is 3.54. The zero-order valence-electron chi connectivity index (χ0n) is 11.7. The zero-order chi connectivity index (χ0) is 15.7. The number of anilines is 2. The zero-order valence-corrected chi connectivity index (χ0v) is 11.7. The predicted octanol–water partition coefficient (Wildman–Crippen LogP) is 1.61. The third-order valence-electron chi connectivity index (χ3n) is 3.54. The molecule has 0 amide bonds. The van der Waals surface area contributed by atoms with Gasteiger partial charge in [-0.05, 0) is 36.1 Å². The smallest absolute Gasteiger partial charge is 0.335 e. The van der Waals surface area contributed by atoms with E-state index in [-0.39, 0.29) is 11.5 Å². The predicted molar refractivity (Wildman–Crippen MR) is 83.5 cm³/mol. The van der Waals surface area contributed by atoms with Crippen LogP contribution in [0.3, 0.4) is 0 Å². The van der Waals surface area contributed by atoms with Gasteiger partial charge in [-0.15, -0.1) is 0 Å². The Kier molecular flexibility index (Phi) is 3.38. The monoisotopic (exact) mass is 297 g/mol. The molecule has 0 aliphatic carbocycles. The van der Waals surface area contributed by atoms with Crippen LogP contribution in [0.2, 0.25) is 0 Å². The molecular weight excluding hydrogens is 282 g/mol. The molecule has 0 bridgehead atoms. The quantitative estimate of drug-likeness (QED) is 0.578. The number of carbonyl (C=O) groups is 1. The van der Waals surface area contributed by atoms with Crippen LogP contribution in [0.25, 0.3) is 11.0 Å². The number of H-pyrrole nitrogens is 1. The molecule has 3 rings (SSSR count). The molecule has 0 spiro atoms. The maximum atomic E-state index is 10.8. The van der Waals surface area contributed by atoms with Crippen LogP contribution in [0, 0.1) is 0 Å². The molecule has 0 saturated heterocycles. The number of benzene rings is 1. The molecule has 1 aromatic carbocycles. The lowest BCUT2D eigenvalue weighted by atomic mass is 10.0. The van der Waals surface area contributed by atoms with E-state index >= 15 is 0 Å². The first-order valence-electron chi connectivity index (χ1n) is 6.76. The highest BCUT2D eigenvalue weighted by atomic mass is 16.4. The van der Waals surface area contributed by atoms with Gasteiger partial charge in [-0.1, -0.05) is 12.1 Å². The molecule has 0 aliphatic heterocycles. The Labute approximate surface area is 126 Å². The molecule has 6 N–H and O–H groups in total. The summed E-state index contributed by atoms with van der Waals surface area (Å²) in [5.74, 6) is -0.423. The second-order valence-electron chi connectivity index (χ2n) is 5.01. The number of aromatic nitrogens is 3. The van der Waals surface area contributed by atoms with Crippen molar-refractivity contribution in [2.45, 2.75) is 12.8 Å². The number of nitrogens with two attached hydrogens (primary N) is 2. The Morgan fingerprint density at radius 2 is 1.86 bits per heavy atom. The van der Waals surface area contributed by atoms with Gasteiger partial charge in [-0.3, -0.25) is 0 Å². The van der Waals surface area contributed by atoms with Gasteiger partial charge in [0.15, 0.2) is 0 Å². The summed E-state index contributed by atoms with van der Waals surface area (Å²) in [4.78, 5) is 22.0. The highest BCUT2D eigenvalue weighted by Crippen LogP contribution is 2.23. The van der Waals surface area contributed by atoms with E-state index in [1.54, 1.807) is 12.1 Å². The van der Waals surface area contributed by atoms with Crippen molar-refractivity contribution in [3.05, 3.63) is 47.2 Å². The summed E-state index contributed by atoms with van der Waals surface area (Å²) in [6.07, 6.45) is 3.35. The normalized spacial score (nSPS) is 10.9. The average molecular weight is 297 g/mol. The van der Waals surface area contributed by atoms with Gasteiger partial charge in [0.05, 0.1) is 10.9 Å². The molecule has 0 saturated carbocycles. The summed E-state index contributed by atoms with van der Waals surface area (Å²) in [6.45, 7) is 0. The molecule has 2 heterocycles. The molecule has 3 aromatic rings. The van der Waals surface area contributed by atoms with Gasteiger partial charge in [0.25, 0.3) is 0 Å². The number of hydrogen-bond donors (Lipinski definition) is 4. The van der Waals surface area contributed by atoms with Crippen molar-refractivity contribution in [3.63, 3.8) is 0 Å². The number of aryl methyl sites for hydroxylation is 2. The van der Waals surface area contributed by atoms with Crippen molar-refractivity contribution in [1.82, 2.24) is 15.0 Å². The minimum absolute atomic E-state index is 0.141. The maximum absolute atomic E-state index is 10.8. The average Bonchev–Trinajstić information content (AvgIpc) is 2.88. The summed E-state index contributed by atoms with van der Waals surface area (Å²) in [7, 11) is 0. The van der Waals surface area contributed by atoms with Gasteiger partial charge in [-0.25, -0.2) is 4.79 Å². The first-order valence-corrected chi connectivity index (χ1v) is 6.76. The van der Waals surface area contributed by atoms with E-state index in [9.17, 15) is 4.79 Å². The van der Waals surface area contributed by atoms with Crippen LogP contribution in [0.15, 0.2) is 30.5 Å². The molecule has 0 atom stereocenters. The van der Waals surface area contributed by atoms with E-state index in [2.05, 4.69) is 15.0 Å². The first kappa shape index (κ1) is 13.9. The molecule has 0 radical (unpaired) electrons. The van der Waals surface area contributed by atoms with Crippen molar-refractivity contribution in [2.75, 3.05) is 11.5 Å². The van der Waals surface area contributed by atoms with Crippen LogP contribution in [0.4, 0.5) is 11.8 Å². The highest BCUT2D eigenvalue weighted by Gasteiger charge is 2.11. The Bertz CT molecular complexity index is 839. The second-order valence-corrected chi connectivity index (χ2v) is 5.01.